The van der Waals surface area contributed by atoms with E-state index in [4.69, 9.17) is 15.3 Å². The van der Waals surface area contributed by atoms with E-state index in [1.165, 1.54) is 75.4 Å². The molecule has 4 nitrogen and oxygen atoms in total. The number of ether oxygens (including phenoxy) is 1. The number of nitrogens with zero attached hydrogens (tertiary/aromatic N) is 2. The molecule has 0 unspecified atom stereocenters. The molecular weight excluding hydrogens is 490 g/mol. The van der Waals surface area contributed by atoms with Crippen LogP contribution >= 0.6 is 0 Å². The van der Waals surface area contributed by atoms with Crippen LogP contribution in [0.4, 0.5) is 0 Å². The minimum Gasteiger partial charge on any atom is -0.380 e. The summed E-state index contributed by atoms with van der Waals surface area (Å²) in [7, 11) is 0. The Hall–Kier alpha value is -1.62. The summed E-state index contributed by atoms with van der Waals surface area (Å²) in [6, 6.07) is 4.52. The smallest absolute Gasteiger partial charge is 0.0645 e. The van der Waals surface area contributed by atoms with Crippen molar-refractivity contribution in [2.75, 3.05) is 26.3 Å². The summed E-state index contributed by atoms with van der Waals surface area (Å²) in [4.78, 5) is 0. The average Bonchev–Trinajstić information content (AvgIpc) is 3.29. The first-order valence-electron chi connectivity index (χ1n) is 16.3. The molecule has 0 spiro atoms. The van der Waals surface area contributed by atoms with Crippen LogP contribution < -0.4 is 5.32 Å². The zero-order valence-electron chi connectivity index (χ0n) is 26.4. The predicted molar refractivity (Wildman–Crippen MR) is 164 cm³/mol. The average molecular weight is 548 g/mol. The fraction of sp³-hybridized carbons (Fsp3) is 0.833. The Kier molecular flexibility index (Phi) is 9.64. The summed E-state index contributed by atoms with van der Waals surface area (Å²) in [6.07, 6.45) is 13.8. The molecule has 222 valence electrons. The monoisotopic (exact) mass is 547 g/mol. The highest BCUT2D eigenvalue weighted by Gasteiger charge is 2.69. The Labute approximate surface area is 246 Å². The largest absolute Gasteiger partial charge is 0.380 e. The molecule has 4 saturated carbocycles. The molecule has 0 saturated heterocycles. The van der Waals surface area contributed by atoms with Crippen LogP contribution in [0.3, 0.4) is 0 Å². The minimum absolute atomic E-state index is 0.250. The molecular formula is C36H57N3O. The van der Waals surface area contributed by atoms with Gasteiger partial charge in [-0.1, -0.05) is 45.1 Å². The second kappa shape index (κ2) is 12.3. The highest BCUT2D eigenvalue weighted by Crippen LogP contribution is 2.76. The van der Waals surface area contributed by atoms with Crippen molar-refractivity contribution in [3.63, 3.8) is 0 Å². The van der Waals surface area contributed by atoms with Gasteiger partial charge in [0.25, 0.3) is 0 Å². The van der Waals surface area contributed by atoms with Crippen molar-refractivity contribution >= 4 is 0 Å². The highest BCUT2D eigenvalue weighted by atomic mass is 16.5. The molecule has 9 atom stereocenters. The first-order chi connectivity index (χ1) is 19.0. The maximum atomic E-state index is 9.07. The zero-order chi connectivity index (χ0) is 29.2. The number of nitrogens with one attached hydrogen (secondary N) is 1. The van der Waals surface area contributed by atoms with Crippen molar-refractivity contribution in [1.29, 1.82) is 10.5 Å². The number of hydrogen-bond donors (Lipinski definition) is 1. The Balaban J connectivity index is 1.62. The van der Waals surface area contributed by atoms with Crippen LogP contribution in [-0.2, 0) is 4.74 Å². The van der Waals surface area contributed by atoms with Crippen LogP contribution in [0.1, 0.15) is 112 Å². The van der Waals surface area contributed by atoms with Gasteiger partial charge in [-0.05, 0) is 136 Å². The lowest BCUT2D eigenvalue weighted by molar-refractivity contribution is -0.220. The molecule has 40 heavy (non-hydrogen) atoms. The number of rotatable bonds is 12. The third kappa shape index (κ3) is 5.22. The topological polar surface area (TPSA) is 68.8 Å². The minimum atomic E-state index is 0.250. The quantitative estimate of drug-likeness (QED) is 0.196. The number of fused-ring (bicyclic) bond motifs is 5. The molecule has 0 aromatic rings. The van der Waals surface area contributed by atoms with Gasteiger partial charge in [-0.25, -0.2) is 0 Å². The van der Waals surface area contributed by atoms with E-state index in [0.717, 1.165) is 19.7 Å². The zero-order valence-corrected chi connectivity index (χ0v) is 26.4. The van der Waals surface area contributed by atoms with Crippen molar-refractivity contribution in [2.45, 2.75) is 112 Å². The molecule has 4 heteroatoms. The maximum absolute atomic E-state index is 9.07. The van der Waals surface area contributed by atoms with E-state index in [1.54, 1.807) is 0 Å². The van der Waals surface area contributed by atoms with Crippen LogP contribution in [0.2, 0.25) is 0 Å². The lowest BCUT2D eigenvalue weighted by atomic mass is 9.34. The van der Waals surface area contributed by atoms with Gasteiger partial charge in [0.2, 0.25) is 0 Å². The fourth-order valence-corrected chi connectivity index (χ4v) is 11.3. The van der Waals surface area contributed by atoms with Crippen molar-refractivity contribution in [2.24, 2.45) is 51.2 Å². The first-order valence-corrected chi connectivity index (χ1v) is 16.3. The summed E-state index contributed by atoms with van der Waals surface area (Å²) >= 11 is 0. The molecule has 4 aliphatic rings. The van der Waals surface area contributed by atoms with E-state index in [0.29, 0.717) is 59.9 Å². The second-order valence-corrected chi connectivity index (χ2v) is 15.1. The van der Waals surface area contributed by atoms with Gasteiger partial charge in [-0.15, -0.1) is 0 Å². The fourth-order valence-electron chi connectivity index (χ4n) is 11.3. The number of nitriles is 2. The van der Waals surface area contributed by atoms with E-state index in [2.05, 4.69) is 65.2 Å². The Morgan fingerprint density at radius 2 is 1.62 bits per heavy atom. The lowest BCUT2D eigenvalue weighted by Gasteiger charge is -2.71. The summed E-state index contributed by atoms with van der Waals surface area (Å²) < 4.78 is 6.26. The molecule has 4 rings (SSSR count). The van der Waals surface area contributed by atoms with Crippen LogP contribution in [-0.4, -0.2) is 26.3 Å². The van der Waals surface area contributed by atoms with Crippen molar-refractivity contribution in [3.8, 4) is 12.1 Å². The van der Waals surface area contributed by atoms with Gasteiger partial charge in [-0.3, -0.25) is 0 Å². The van der Waals surface area contributed by atoms with Crippen LogP contribution in [0.15, 0.2) is 24.3 Å². The SMILES string of the molecule is C=C(C)[C@@H]1CC[C@]2(COCCC#N)CC[C@]3(C)[C@H](CC[C@@H]4[C@@](C)(CCCNCCC#N)[C@H](C(=C)C)CC[C@]43C)[C@@H]12. The third-order valence-electron chi connectivity index (χ3n) is 13.3. The van der Waals surface area contributed by atoms with Gasteiger partial charge in [0.05, 0.1) is 31.8 Å². The Morgan fingerprint density at radius 1 is 0.875 bits per heavy atom. The summed E-state index contributed by atoms with van der Waals surface area (Å²) in [5, 5.41) is 21.5. The standard InChI is InChI=1S/C36H57N3O/c1-26(2)28-13-17-36(25-40-24-10-21-38)19-18-34(6)30(32(28)36)11-12-31-33(5,15-8-22-39-23-9-20-37)29(27(3)4)14-16-35(31,34)7/h28-32,39H,1,3,8-19,22-25H2,2,4-7H3/t28-,29-,30+,31+,32+,33-,34+,35+,36+/m0/s1. The van der Waals surface area contributed by atoms with Gasteiger partial charge in [0.1, 0.15) is 0 Å². The van der Waals surface area contributed by atoms with Crippen molar-refractivity contribution < 1.29 is 4.74 Å². The molecule has 0 aromatic carbocycles. The van der Waals surface area contributed by atoms with E-state index < -0.39 is 0 Å². The van der Waals surface area contributed by atoms with Gasteiger partial charge >= 0.3 is 0 Å². The second-order valence-electron chi connectivity index (χ2n) is 15.1. The molecule has 0 bridgehead atoms. The van der Waals surface area contributed by atoms with Gasteiger partial charge in [0.15, 0.2) is 0 Å². The lowest BCUT2D eigenvalue weighted by Crippen LogP contribution is -2.64. The van der Waals surface area contributed by atoms with Crippen LogP contribution in [0.25, 0.3) is 0 Å². The molecule has 0 aromatic heterocycles. The van der Waals surface area contributed by atoms with E-state index >= 15 is 0 Å². The van der Waals surface area contributed by atoms with Gasteiger partial charge < -0.3 is 10.1 Å². The first kappa shape index (κ1) is 31.3. The van der Waals surface area contributed by atoms with Crippen LogP contribution in [0, 0.1) is 73.9 Å². The van der Waals surface area contributed by atoms with E-state index in [-0.39, 0.29) is 10.8 Å². The molecule has 0 radical (unpaired) electrons. The molecule has 0 amide bonds. The third-order valence-corrected chi connectivity index (χ3v) is 13.3. The predicted octanol–water partition coefficient (Wildman–Crippen LogP) is 8.61. The Bertz CT molecular complexity index is 1020. The van der Waals surface area contributed by atoms with E-state index in [9.17, 15) is 0 Å². The van der Waals surface area contributed by atoms with Crippen molar-refractivity contribution in [3.05, 3.63) is 24.3 Å². The summed E-state index contributed by atoms with van der Waals surface area (Å²) in [5.41, 5.74) is 3.91. The van der Waals surface area contributed by atoms with Crippen molar-refractivity contribution in [1.82, 2.24) is 5.32 Å². The molecule has 4 aliphatic carbocycles. The van der Waals surface area contributed by atoms with Gasteiger partial charge in [0, 0.05) is 13.0 Å². The summed E-state index contributed by atoms with van der Waals surface area (Å²) in [5.74, 6) is 3.26. The highest BCUT2D eigenvalue weighted by molar-refractivity contribution is 5.22. The van der Waals surface area contributed by atoms with Crippen LogP contribution in [0.5, 0.6) is 0 Å². The molecule has 4 fully saturated rings. The Morgan fingerprint density at radius 3 is 2.30 bits per heavy atom. The van der Waals surface area contributed by atoms with E-state index in [1.807, 2.05) is 0 Å². The van der Waals surface area contributed by atoms with Gasteiger partial charge in [-0.2, -0.15) is 10.5 Å². The maximum Gasteiger partial charge on any atom is 0.0645 e. The molecule has 0 aliphatic heterocycles. The number of hydrogen-bond acceptors (Lipinski definition) is 4. The molecule has 1 N–H and O–H groups in total. The number of allylic oxidation sites excluding steroid dienone is 2. The molecule has 0 heterocycles. The normalized spacial score (nSPS) is 42.1. The summed E-state index contributed by atoms with van der Waals surface area (Å²) in [6.45, 7) is 24.8.